The van der Waals surface area contributed by atoms with Crippen molar-refractivity contribution in [3.63, 3.8) is 0 Å². The molecule has 5 nitrogen and oxygen atoms in total. The van der Waals surface area contributed by atoms with Gasteiger partial charge in [-0.3, -0.25) is 0 Å². The van der Waals surface area contributed by atoms with Crippen LogP contribution >= 0.6 is 11.3 Å². The molecule has 2 N–H and O–H groups in total. The van der Waals surface area contributed by atoms with E-state index in [0.717, 1.165) is 42.2 Å². The van der Waals surface area contributed by atoms with Crippen molar-refractivity contribution >= 4 is 33.3 Å². The summed E-state index contributed by atoms with van der Waals surface area (Å²) in [6.45, 7) is 6.62. The number of aryl methyl sites for hydroxylation is 1. The molecule has 1 unspecified atom stereocenters. The summed E-state index contributed by atoms with van der Waals surface area (Å²) in [5, 5.41) is 1.12. The predicted octanol–water partition coefficient (Wildman–Crippen LogP) is 2.06. The monoisotopic (exact) mass is 278 g/mol. The third kappa shape index (κ3) is 2.26. The van der Waals surface area contributed by atoms with E-state index in [9.17, 15) is 0 Å². The fourth-order valence-electron chi connectivity index (χ4n) is 2.41. The third-order valence-electron chi connectivity index (χ3n) is 3.43. The van der Waals surface area contributed by atoms with Crippen LogP contribution in [0, 0.1) is 0 Å². The molecule has 2 aromatic rings. The normalized spacial score (nSPS) is 20.1. The van der Waals surface area contributed by atoms with Crippen molar-refractivity contribution in [2.75, 3.05) is 30.4 Å². The molecule has 1 aliphatic heterocycles. The molecule has 0 saturated carbocycles. The maximum absolute atomic E-state index is 5.85. The molecule has 0 amide bonds. The van der Waals surface area contributed by atoms with Crippen molar-refractivity contribution < 1.29 is 4.74 Å². The Balaban J connectivity index is 2.12. The lowest BCUT2D eigenvalue weighted by Gasteiger charge is -2.34. The van der Waals surface area contributed by atoms with Gasteiger partial charge in [-0.1, -0.05) is 6.92 Å². The quantitative estimate of drug-likeness (QED) is 0.911. The average molecular weight is 278 g/mol. The summed E-state index contributed by atoms with van der Waals surface area (Å²) >= 11 is 1.70. The van der Waals surface area contributed by atoms with Gasteiger partial charge in [0.25, 0.3) is 0 Å². The lowest BCUT2D eigenvalue weighted by atomic mass is 10.2. The summed E-state index contributed by atoms with van der Waals surface area (Å²) in [5.41, 5.74) is 5.85. The molecule has 1 fully saturated rings. The first-order valence-electron chi connectivity index (χ1n) is 6.59. The highest BCUT2D eigenvalue weighted by molar-refractivity contribution is 7.18. The molecule has 19 heavy (non-hydrogen) atoms. The third-order valence-corrected chi connectivity index (χ3v) is 4.60. The van der Waals surface area contributed by atoms with Gasteiger partial charge < -0.3 is 15.4 Å². The number of morpholine rings is 1. The van der Waals surface area contributed by atoms with E-state index in [1.807, 2.05) is 0 Å². The zero-order valence-electron chi connectivity index (χ0n) is 11.2. The van der Waals surface area contributed by atoms with Crippen molar-refractivity contribution in [2.45, 2.75) is 26.3 Å². The first-order valence-corrected chi connectivity index (χ1v) is 7.41. The van der Waals surface area contributed by atoms with E-state index in [0.29, 0.717) is 12.0 Å². The van der Waals surface area contributed by atoms with E-state index >= 15 is 0 Å². The summed E-state index contributed by atoms with van der Waals surface area (Å²) in [6, 6.07) is 2.51. The van der Waals surface area contributed by atoms with Crippen LogP contribution in [0.2, 0.25) is 0 Å². The summed E-state index contributed by atoms with van der Waals surface area (Å²) < 4.78 is 5.49. The van der Waals surface area contributed by atoms with Crippen LogP contribution in [0.25, 0.3) is 10.2 Å². The molecule has 0 aromatic carbocycles. The highest BCUT2D eigenvalue weighted by atomic mass is 32.1. The highest BCUT2D eigenvalue weighted by Gasteiger charge is 2.23. The van der Waals surface area contributed by atoms with Crippen LogP contribution in [0.4, 0.5) is 11.8 Å². The Kier molecular flexibility index (Phi) is 3.28. The lowest BCUT2D eigenvalue weighted by Crippen LogP contribution is -2.44. The van der Waals surface area contributed by atoms with E-state index in [1.165, 1.54) is 4.88 Å². The Hall–Kier alpha value is -1.40. The van der Waals surface area contributed by atoms with Crippen LogP contribution < -0.4 is 10.6 Å². The van der Waals surface area contributed by atoms with Gasteiger partial charge in [0.05, 0.1) is 24.6 Å². The molecule has 1 saturated heterocycles. The molecule has 3 heterocycles. The zero-order valence-corrected chi connectivity index (χ0v) is 12.0. The number of anilines is 2. The van der Waals surface area contributed by atoms with E-state index in [-0.39, 0.29) is 0 Å². The summed E-state index contributed by atoms with van der Waals surface area (Å²) in [5.74, 6) is 1.31. The fraction of sp³-hybridized carbons (Fsp3) is 0.538. The van der Waals surface area contributed by atoms with Gasteiger partial charge in [-0.15, -0.1) is 11.3 Å². The zero-order chi connectivity index (χ0) is 13.4. The summed E-state index contributed by atoms with van der Waals surface area (Å²) in [7, 11) is 0. The minimum absolute atomic E-state index is 0.316. The Labute approximate surface area is 116 Å². The van der Waals surface area contributed by atoms with Gasteiger partial charge in [-0.05, 0) is 19.4 Å². The van der Waals surface area contributed by atoms with Crippen molar-refractivity contribution in [3.05, 3.63) is 10.9 Å². The number of nitrogens with two attached hydrogens (primary N) is 1. The molecule has 0 spiro atoms. The Morgan fingerprint density at radius 3 is 3.11 bits per heavy atom. The van der Waals surface area contributed by atoms with Crippen LogP contribution in [0.15, 0.2) is 6.07 Å². The van der Waals surface area contributed by atoms with Gasteiger partial charge in [0.15, 0.2) is 0 Å². The van der Waals surface area contributed by atoms with Gasteiger partial charge in [0.1, 0.15) is 10.6 Å². The molecule has 0 aliphatic carbocycles. The number of nitrogen functional groups attached to an aromatic ring is 1. The van der Waals surface area contributed by atoms with Crippen molar-refractivity contribution in [1.82, 2.24) is 9.97 Å². The number of rotatable bonds is 2. The van der Waals surface area contributed by atoms with Crippen molar-refractivity contribution in [3.8, 4) is 0 Å². The van der Waals surface area contributed by atoms with Gasteiger partial charge in [0.2, 0.25) is 5.95 Å². The second-order valence-electron chi connectivity index (χ2n) is 4.81. The summed E-state index contributed by atoms with van der Waals surface area (Å²) in [4.78, 5) is 13.4. The van der Waals surface area contributed by atoms with Crippen LogP contribution in [0.1, 0.15) is 18.7 Å². The van der Waals surface area contributed by atoms with Gasteiger partial charge in [0, 0.05) is 11.4 Å². The van der Waals surface area contributed by atoms with Crippen LogP contribution in [0.3, 0.4) is 0 Å². The van der Waals surface area contributed by atoms with Gasteiger partial charge in [-0.25, -0.2) is 4.98 Å². The minimum atomic E-state index is 0.316. The van der Waals surface area contributed by atoms with Gasteiger partial charge in [-0.2, -0.15) is 4.98 Å². The number of aromatic nitrogens is 2. The van der Waals surface area contributed by atoms with Crippen molar-refractivity contribution in [1.29, 1.82) is 0 Å². The molecule has 2 aromatic heterocycles. The number of ether oxygens (including phenoxy) is 1. The molecule has 1 aliphatic rings. The Morgan fingerprint density at radius 2 is 2.37 bits per heavy atom. The molecule has 102 valence electrons. The molecule has 3 rings (SSSR count). The number of nitrogens with zero attached hydrogens (tertiary/aromatic N) is 3. The largest absolute Gasteiger partial charge is 0.377 e. The Morgan fingerprint density at radius 1 is 1.53 bits per heavy atom. The molecular formula is C13H18N4OS. The molecule has 0 radical (unpaired) electrons. The molecular weight excluding hydrogens is 260 g/mol. The average Bonchev–Trinajstić information content (AvgIpc) is 2.81. The smallest absolute Gasteiger partial charge is 0.223 e. The molecule has 1 atom stereocenters. The molecule has 0 bridgehead atoms. The van der Waals surface area contributed by atoms with E-state index in [2.05, 4.69) is 34.8 Å². The lowest BCUT2D eigenvalue weighted by molar-refractivity contribution is 0.0987. The van der Waals surface area contributed by atoms with E-state index < -0.39 is 0 Å². The van der Waals surface area contributed by atoms with E-state index in [4.69, 9.17) is 10.5 Å². The Bertz CT molecular complexity index is 598. The number of fused-ring (bicyclic) bond motifs is 1. The van der Waals surface area contributed by atoms with Gasteiger partial charge >= 0.3 is 0 Å². The number of hydrogen-bond acceptors (Lipinski definition) is 6. The second-order valence-corrected chi connectivity index (χ2v) is 5.92. The maximum atomic E-state index is 5.85. The summed E-state index contributed by atoms with van der Waals surface area (Å²) in [6.07, 6.45) is 1.01. The SMILES string of the molecule is CCc1cc2c(N3CCOCC3C)nc(N)nc2s1. The first kappa shape index (κ1) is 12.6. The topological polar surface area (TPSA) is 64.3 Å². The maximum Gasteiger partial charge on any atom is 0.223 e. The fourth-order valence-corrected chi connectivity index (χ4v) is 3.38. The molecule has 6 heteroatoms. The highest BCUT2D eigenvalue weighted by Crippen LogP contribution is 2.33. The number of thiophene rings is 1. The minimum Gasteiger partial charge on any atom is -0.377 e. The van der Waals surface area contributed by atoms with E-state index in [1.54, 1.807) is 11.3 Å². The predicted molar refractivity (Wildman–Crippen MR) is 78.8 cm³/mol. The van der Waals surface area contributed by atoms with Crippen molar-refractivity contribution in [2.24, 2.45) is 0 Å². The number of hydrogen-bond donors (Lipinski definition) is 1. The van der Waals surface area contributed by atoms with Crippen LogP contribution in [-0.2, 0) is 11.2 Å². The first-order chi connectivity index (χ1) is 9.19. The van der Waals surface area contributed by atoms with Crippen LogP contribution in [-0.4, -0.2) is 35.8 Å². The second kappa shape index (κ2) is 4.94. The standard InChI is InChI=1S/C13H18N4OS/c1-3-9-6-10-11(15-13(14)16-12(10)19-9)17-4-5-18-7-8(17)2/h6,8H,3-5,7H2,1-2H3,(H2,14,15,16). The van der Waals surface area contributed by atoms with Crippen LogP contribution in [0.5, 0.6) is 0 Å².